The van der Waals surface area contributed by atoms with E-state index < -0.39 is 0 Å². The maximum atomic E-state index is 13.5. The lowest BCUT2D eigenvalue weighted by Crippen LogP contribution is -2.42. The summed E-state index contributed by atoms with van der Waals surface area (Å²) in [5.74, 6) is -0.326. The van der Waals surface area contributed by atoms with Crippen LogP contribution in [0.5, 0.6) is 0 Å². The molecule has 2 aliphatic rings. The van der Waals surface area contributed by atoms with Gasteiger partial charge in [0.25, 0.3) is 11.5 Å². The maximum Gasteiger partial charge on any atom is 0.267 e. The first-order valence-electron chi connectivity index (χ1n) is 12.9. The van der Waals surface area contributed by atoms with Crippen molar-refractivity contribution in [1.82, 2.24) is 29.1 Å². The summed E-state index contributed by atoms with van der Waals surface area (Å²) in [6.45, 7) is 9.49. The molecule has 0 spiro atoms. The summed E-state index contributed by atoms with van der Waals surface area (Å²) in [7, 11) is 0. The van der Waals surface area contributed by atoms with Gasteiger partial charge in [-0.1, -0.05) is 12.5 Å². The van der Waals surface area contributed by atoms with Gasteiger partial charge in [0.1, 0.15) is 16.8 Å². The number of piperidine rings is 1. The first kappa shape index (κ1) is 24.6. The number of aromatic nitrogens is 3. The molecule has 0 unspecified atom stereocenters. The number of carbonyl (C=O) groups excluding carboxylic acids is 1. The molecule has 2 N–H and O–H groups in total. The third-order valence-electron chi connectivity index (χ3n) is 7.28. The van der Waals surface area contributed by atoms with Crippen LogP contribution in [-0.2, 0) is 11.3 Å². The Balaban J connectivity index is 1.50. The molecule has 5 rings (SSSR count). The van der Waals surface area contributed by atoms with Crippen molar-refractivity contribution in [3.05, 3.63) is 51.4 Å². The van der Waals surface area contributed by atoms with Gasteiger partial charge in [0, 0.05) is 45.5 Å². The van der Waals surface area contributed by atoms with Gasteiger partial charge < -0.3 is 19.5 Å². The Labute approximate surface area is 210 Å². The van der Waals surface area contributed by atoms with E-state index in [9.17, 15) is 9.59 Å². The molecule has 10 nitrogen and oxygen atoms in total. The monoisotopic (exact) mass is 493 g/mol. The van der Waals surface area contributed by atoms with E-state index in [1.807, 2.05) is 19.1 Å². The first-order valence-corrected chi connectivity index (χ1v) is 12.9. The number of morpholine rings is 1. The Morgan fingerprint density at radius 3 is 2.58 bits per heavy atom. The summed E-state index contributed by atoms with van der Waals surface area (Å²) in [4.78, 5) is 36.1. The fourth-order valence-corrected chi connectivity index (χ4v) is 5.16. The maximum absolute atomic E-state index is 13.5. The number of nitrogens with one attached hydrogen (secondary N) is 2. The molecular formula is C26H35N7O3. The molecule has 2 saturated heterocycles. The third-order valence-corrected chi connectivity index (χ3v) is 7.28. The van der Waals surface area contributed by atoms with Crippen molar-refractivity contribution in [2.75, 3.05) is 59.0 Å². The minimum Gasteiger partial charge on any atom is -0.379 e. The van der Waals surface area contributed by atoms with Crippen LogP contribution >= 0.6 is 0 Å². The number of carbonyl (C=O) groups is 1. The van der Waals surface area contributed by atoms with E-state index in [-0.39, 0.29) is 22.5 Å². The van der Waals surface area contributed by atoms with Gasteiger partial charge in [0.15, 0.2) is 0 Å². The first-order chi connectivity index (χ1) is 17.5. The molecule has 0 aliphatic carbocycles. The molecule has 0 aromatic carbocycles. The molecule has 2 aliphatic heterocycles. The molecule has 0 bridgehead atoms. The second-order valence-electron chi connectivity index (χ2n) is 9.71. The van der Waals surface area contributed by atoms with E-state index in [0.29, 0.717) is 49.5 Å². The standard InChI is InChI=1S/C26H35N7O3/c1-19-6-5-10-33-23(19)29-24-21(26(33)35)18-20(25(34)28-7-11-30-8-3-2-4-9-30)22(27)32(24)13-12-31-14-16-36-17-15-31/h5-6,10,18,27H,2-4,7-9,11-17H2,1H3,(H,28,34). The Hall–Kier alpha value is -3.08. The lowest BCUT2D eigenvalue weighted by Gasteiger charge is -2.27. The Morgan fingerprint density at radius 2 is 1.81 bits per heavy atom. The zero-order chi connectivity index (χ0) is 25.1. The zero-order valence-corrected chi connectivity index (χ0v) is 21.0. The largest absolute Gasteiger partial charge is 0.379 e. The molecule has 2 fully saturated rings. The molecule has 1 amide bonds. The van der Waals surface area contributed by atoms with Crippen LogP contribution in [0.25, 0.3) is 16.7 Å². The van der Waals surface area contributed by atoms with E-state index >= 15 is 0 Å². The van der Waals surface area contributed by atoms with Crippen LogP contribution in [0.2, 0.25) is 0 Å². The van der Waals surface area contributed by atoms with Crippen molar-refractivity contribution < 1.29 is 9.53 Å². The lowest BCUT2D eigenvalue weighted by molar-refractivity contribution is 0.0363. The normalized spacial score (nSPS) is 17.6. The van der Waals surface area contributed by atoms with Crippen LogP contribution in [0.15, 0.2) is 29.2 Å². The average Bonchev–Trinajstić information content (AvgIpc) is 2.90. The molecule has 0 atom stereocenters. The van der Waals surface area contributed by atoms with Crippen molar-refractivity contribution in [2.24, 2.45) is 0 Å². The molecule has 192 valence electrons. The summed E-state index contributed by atoms with van der Waals surface area (Å²) in [6.07, 6.45) is 5.36. The van der Waals surface area contributed by atoms with Crippen LogP contribution in [0.4, 0.5) is 0 Å². The summed E-state index contributed by atoms with van der Waals surface area (Å²) in [5.41, 5.74) is 1.93. The minimum atomic E-state index is -0.326. The fraction of sp³-hybridized carbons (Fsp3) is 0.538. The summed E-state index contributed by atoms with van der Waals surface area (Å²) in [5, 5.41) is 12.3. The highest BCUT2D eigenvalue weighted by Gasteiger charge is 2.19. The molecule has 0 radical (unpaired) electrons. The second kappa shape index (κ2) is 10.9. The Morgan fingerprint density at radius 1 is 1.06 bits per heavy atom. The molecule has 3 aromatic heterocycles. The zero-order valence-electron chi connectivity index (χ0n) is 21.0. The van der Waals surface area contributed by atoms with Gasteiger partial charge in [-0.2, -0.15) is 0 Å². The van der Waals surface area contributed by atoms with E-state index in [1.165, 1.54) is 23.7 Å². The number of hydrogen-bond acceptors (Lipinski definition) is 7. The number of aryl methyl sites for hydroxylation is 1. The van der Waals surface area contributed by atoms with E-state index in [0.717, 1.165) is 38.3 Å². The number of nitrogens with zero attached hydrogens (tertiary/aromatic N) is 5. The highest BCUT2D eigenvalue weighted by Crippen LogP contribution is 2.13. The topological polar surface area (TPSA) is 108 Å². The molecule has 36 heavy (non-hydrogen) atoms. The van der Waals surface area contributed by atoms with Gasteiger partial charge in [-0.15, -0.1) is 0 Å². The molecule has 0 saturated carbocycles. The van der Waals surface area contributed by atoms with E-state index in [4.69, 9.17) is 15.1 Å². The Bertz CT molecular complexity index is 1370. The quantitative estimate of drug-likeness (QED) is 0.475. The van der Waals surface area contributed by atoms with Crippen LogP contribution in [0.1, 0.15) is 35.2 Å². The summed E-state index contributed by atoms with van der Waals surface area (Å²) < 4.78 is 8.70. The predicted octanol–water partition coefficient (Wildman–Crippen LogP) is 0.985. The number of rotatable bonds is 7. The van der Waals surface area contributed by atoms with Gasteiger partial charge in [-0.3, -0.25) is 24.3 Å². The van der Waals surface area contributed by atoms with Gasteiger partial charge >= 0.3 is 0 Å². The molecule has 10 heteroatoms. The van der Waals surface area contributed by atoms with Crippen molar-refractivity contribution in [2.45, 2.75) is 32.7 Å². The summed E-state index contributed by atoms with van der Waals surface area (Å²) in [6, 6.07) is 5.28. The molecule has 5 heterocycles. The predicted molar refractivity (Wildman–Crippen MR) is 137 cm³/mol. The number of amides is 1. The molecule has 3 aromatic rings. The van der Waals surface area contributed by atoms with Crippen LogP contribution in [0, 0.1) is 12.3 Å². The number of likely N-dealkylation sites (tertiary alicyclic amines) is 1. The average molecular weight is 494 g/mol. The smallest absolute Gasteiger partial charge is 0.267 e. The minimum absolute atomic E-state index is 0.0797. The lowest BCUT2D eigenvalue weighted by atomic mass is 10.1. The van der Waals surface area contributed by atoms with Crippen molar-refractivity contribution in [3.63, 3.8) is 0 Å². The Kier molecular flexibility index (Phi) is 7.45. The van der Waals surface area contributed by atoms with Crippen LogP contribution < -0.4 is 16.4 Å². The number of hydrogen-bond donors (Lipinski definition) is 2. The highest BCUT2D eigenvalue weighted by molar-refractivity contribution is 5.96. The van der Waals surface area contributed by atoms with E-state index in [2.05, 4.69) is 15.1 Å². The molecular weight excluding hydrogens is 458 g/mol. The van der Waals surface area contributed by atoms with Crippen molar-refractivity contribution in [3.8, 4) is 0 Å². The number of pyridine rings is 2. The van der Waals surface area contributed by atoms with Gasteiger partial charge in [0.2, 0.25) is 0 Å². The van der Waals surface area contributed by atoms with Crippen LogP contribution in [0.3, 0.4) is 0 Å². The van der Waals surface area contributed by atoms with Gasteiger partial charge in [0.05, 0.1) is 24.2 Å². The number of ether oxygens (including phenoxy) is 1. The summed E-state index contributed by atoms with van der Waals surface area (Å²) >= 11 is 0. The fourth-order valence-electron chi connectivity index (χ4n) is 5.16. The highest BCUT2D eigenvalue weighted by atomic mass is 16.5. The van der Waals surface area contributed by atoms with E-state index in [1.54, 1.807) is 16.8 Å². The SMILES string of the molecule is Cc1cccn2c(=O)c3cc(C(=O)NCCN4CCCCC4)c(=N)n(CCN4CCOCC4)c3nc12. The van der Waals surface area contributed by atoms with Crippen LogP contribution in [-0.4, -0.2) is 88.7 Å². The van der Waals surface area contributed by atoms with Gasteiger partial charge in [-0.05, 0) is 50.6 Å². The third kappa shape index (κ3) is 5.07. The van der Waals surface area contributed by atoms with Gasteiger partial charge in [-0.25, -0.2) is 4.98 Å². The van der Waals surface area contributed by atoms with Crippen molar-refractivity contribution >= 4 is 22.6 Å². The van der Waals surface area contributed by atoms with Crippen molar-refractivity contribution in [1.29, 1.82) is 5.41 Å². The number of fused-ring (bicyclic) bond motifs is 2. The second-order valence-corrected chi connectivity index (χ2v) is 9.71.